The van der Waals surface area contributed by atoms with Crippen LogP contribution in [0.15, 0.2) is 30.3 Å². The number of rotatable bonds is 7. The summed E-state index contributed by atoms with van der Waals surface area (Å²) in [6, 6.07) is 10.7. The van der Waals surface area contributed by atoms with E-state index in [0.717, 1.165) is 12.1 Å². The van der Waals surface area contributed by atoms with E-state index in [1.54, 1.807) is 38.3 Å². The largest absolute Gasteiger partial charge is 0.385 e. The number of amides is 1. The molecule has 2 aromatic rings. The van der Waals surface area contributed by atoms with E-state index in [4.69, 9.17) is 10.00 Å². The number of nitrogens with one attached hydrogen (secondary N) is 2. The van der Waals surface area contributed by atoms with E-state index >= 15 is 0 Å². The molecule has 1 heterocycles. The van der Waals surface area contributed by atoms with Crippen LogP contribution in [0.3, 0.4) is 0 Å². The SMILES string of the molecule is COCCCNC(=O)c1cc(Nc2cccc(C#N)c2)nc(C)n1. The molecular weight excluding hydrogens is 306 g/mol. The number of aromatic nitrogens is 2. The molecule has 0 saturated heterocycles. The Labute approximate surface area is 140 Å². The number of nitriles is 1. The van der Waals surface area contributed by atoms with Crippen molar-refractivity contribution >= 4 is 17.4 Å². The molecular formula is C17H19N5O2. The summed E-state index contributed by atoms with van der Waals surface area (Å²) in [4.78, 5) is 20.6. The second-order valence-electron chi connectivity index (χ2n) is 5.11. The zero-order valence-electron chi connectivity index (χ0n) is 13.7. The molecule has 24 heavy (non-hydrogen) atoms. The molecule has 124 valence electrons. The van der Waals surface area contributed by atoms with Gasteiger partial charge in [-0.2, -0.15) is 5.26 Å². The summed E-state index contributed by atoms with van der Waals surface area (Å²) in [7, 11) is 1.62. The summed E-state index contributed by atoms with van der Waals surface area (Å²) >= 11 is 0. The van der Waals surface area contributed by atoms with Crippen molar-refractivity contribution in [2.24, 2.45) is 0 Å². The van der Waals surface area contributed by atoms with Gasteiger partial charge in [0.15, 0.2) is 0 Å². The Morgan fingerprint density at radius 3 is 2.92 bits per heavy atom. The van der Waals surface area contributed by atoms with Gasteiger partial charge in [-0.25, -0.2) is 9.97 Å². The summed E-state index contributed by atoms with van der Waals surface area (Å²) in [5, 5.41) is 14.8. The zero-order chi connectivity index (χ0) is 17.4. The Bertz CT molecular complexity index is 755. The fourth-order valence-electron chi connectivity index (χ4n) is 2.07. The monoisotopic (exact) mass is 325 g/mol. The van der Waals surface area contributed by atoms with Crippen molar-refractivity contribution in [3.05, 3.63) is 47.4 Å². The number of hydrogen-bond donors (Lipinski definition) is 2. The third-order valence-corrected chi connectivity index (χ3v) is 3.15. The first-order chi connectivity index (χ1) is 11.6. The average molecular weight is 325 g/mol. The van der Waals surface area contributed by atoms with Crippen molar-refractivity contribution in [3.8, 4) is 6.07 Å². The van der Waals surface area contributed by atoms with Crippen molar-refractivity contribution in [1.29, 1.82) is 5.26 Å². The van der Waals surface area contributed by atoms with Gasteiger partial charge in [0.1, 0.15) is 17.3 Å². The van der Waals surface area contributed by atoms with Crippen LogP contribution < -0.4 is 10.6 Å². The molecule has 1 aromatic heterocycles. The normalized spacial score (nSPS) is 10.0. The minimum absolute atomic E-state index is 0.259. The number of benzene rings is 1. The number of aryl methyl sites for hydroxylation is 1. The van der Waals surface area contributed by atoms with Gasteiger partial charge >= 0.3 is 0 Å². The Kier molecular flexibility index (Phi) is 6.23. The summed E-state index contributed by atoms with van der Waals surface area (Å²) in [5.41, 5.74) is 1.55. The fraction of sp³-hybridized carbons (Fsp3) is 0.294. The lowest BCUT2D eigenvalue weighted by Crippen LogP contribution is -2.26. The number of hydrogen-bond acceptors (Lipinski definition) is 6. The molecule has 0 saturated carbocycles. The van der Waals surface area contributed by atoms with Crippen LogP contribution in [0.2, 0.25) is 0 Å². The van der Waals surface area contributed by atoms with E-state index < -0.39 is 0 Å². The average Bonchev–Trinajstić information content (AvgIpc) is 2.58. The maximum Gasteiger partial charge on any atom is 0.270 e. The van der Waals surface area contributed by atoms with Crippen molar-refractivity contribution in [3.63, 3.8) is 0 Å². The first kappa shape index (κ1) is 17.4. The predicted molar refractivity (Wildman–Crippen MR) is 90.0 cm³/mol. The van der Waals surface area contributed by atoms with Crippen molar-refractivity contribution < 1.29 is 9.53 Å². The standard InChI is InChI=1S/C17H19N5O2/c1-12-20-15(17(23)19-7-4-8-24-2)10-16(21-12)22-14-6-3-5-13(9-14)11-18/h3,5-6,9-10H,4,7-8H2,1-2H3,(H,19,23)(H,20,21,22). The van der Waals surface area contributed by atoms with Gasteiger partial charge in [-0.1, -0.05) is 6.07 Å². The molecule has 0 radical (unpaired) electrons. The van der Waals surface area contributed by atoms with Crippen LogP contribution in [-0.4, -0.2) is 36.1 Å². The molecule has 0 unspecified atom stereocenters. The molecule has 7 nitrogen and oxygen atoms in total. The summed E-state index contributed by atoms with van der Waals surface area (Å²) < 4.78 is 4.94. The lowest BCUT2D eigenvalue weighted by molar-refractivity contribution is 0.0943. The van der Waals surface area contributed by atoms with Gasteiger partial charge in [-0.05, 0) is 31.5 Å². The highest BCUT2D eigenvalue weighted by Gasteiger charge is 2.10. The fourth-order valence-corrected chi connectivity index (χ4v) is 2.07. The van der Waals surface area contributed by atoms with Crippen LogP contribution in [0.1, 0.15) is 28.3 Å². The topological polar surface area (TPSA) is 99.9 Å². The molecule has 0 aliphatic rings. The molecule has 1 amide bonds. The number of carbonyl (C=O) groups is 1. The van der Waals surface area contributed by atoms with E-state index in [2.05, 4.69) is 26.7 Å². The molecule has 0 bridgehead atoms. The van der Waals surface area contributed by atoms with Gasteiger partial charge in [0, 0.05) is 32.0 Å². The van der Waals surface area contributed by atoms with Crippen LogP contribution in [0, 0.1) is 18.3 Å². The molecule has 2 rings (SSSR count). The van der Waals surface area contributed by atoms with E-state index in [-0.39, 0.29) is 5.91 Å². The summed E-state index contributed by atoms with van der Waals surface area (Å²) in [5.74, 6) is 0.725. The smallest absolute Gasteiger partial charge is 0.270 e. The Morgan fingerprint density at radius 2 is 2.17 bits per heavy atom. The van der Waals surface area contributed by atoms with Crippen LogP contribution in [-0.2, 0) is 4.74 Å². The van der Waals surface area contributed by atoms with Gasteiger partial charge in [0.25, 0.3) is 5.91 Å². The van der Waals surface area contributed by atoms with Gasteiger partial charge in [-0.15, -0.1) is 0 Å². The number of carbonyl (C=O) groups excluding carboxylic acids is 1. The quantitative estimate of drug-likeness (QED) is 0.757. The van der Waals surface area contributed by atoms with E-state index in [1.807, 2.05) is 6.07 Å². The first-order valence-electron chi connectivity index (χ1n) is 7.52. The van der Waals surface area contributed by atoms with Crippen LogP contribution >= 0.6 is 0 Å². The summed E-state index contributed by atoms with van der Waals surface area (Å²) in [6.07, 6.45) is 0.734. The summed E-state index contributed by atoms with van der Waals surface area (Å²) in [6.45, 7) is 2.83. The Morgan fingerprint density at radius 1 is 1.33 bits per heavy atom. The van der Waals surface area contributed by atoms with Gasteiger partial charge < -0.3 is 15.4 Å². The maximum absolute atomic E-state index is 12.2. The number of nitrogens with zero attached hydrogens (tertiary/aromatic N) is 3. The molecule has 7 heteroatoms. The highest BCUT2D eigenvalue weighted by molar-refractivity contribution is 5.93. The van der Waals surface area contributed by atoms with Gasteiger partial charge in [0.2, 0.25) is 0 Å². The second-order valence-corrected chi connectivity index (χ2v) is 5.11. The third-order valence-electron chi connectivity index (χ3n) is 3.15. The maximum atomic E-state index is 12.2. The van der Waals surface area contributed by atoms with Crippen molar-refractivity contribution in [2.45, 2.75) is 13.3 Å². The van der Waals surface area contributed by atoms with Crippen LogP contribution in [0.5, 0.6) is 0 Å². The highest BCUT2D eigenvalue weighted by atomic mass is 16.5. The minimum Gasteiger partial charge on any atom is -0.385 e. The molecule has 1 aromatic carbocycles. The highest BCUT2D eigenvalue weighted by Crippen LogP contribution is 2.16. The van der Waals surface area contributed by atoms with Gasteiger partial charge in [-0.3, -0.25) is 4.79 Å². The number of anilines is 2. The molecule has 0 aliphatic carbocycles. The number of ether oxygens (including phenoxy) is 1. The first-order valence-corrected chi connectivity index (χ1v) is 7.52. The van der Waals surface area contributed by atoms with Crippen molar-refractivity contribution in [1.82, 2.24) is 15.3 Å². The molecule has 0 spiro atoms. The van der Waals surface area contributed by atoms with E-state index in [1.165, 1.54) is 0 Å². The lowest BCUT2D eigenvalue weighted by atomic mass is 10.2. The predicted octanol–water partition coefficient (Wildman–Crippen LogP) is 2.17. The Hall–Kier alpha value is -2.98. The van der Waals surface area contributed by atoms with Crippen molar-refractivity contribution in [2.75, 3.05) is 25.6 Å². The third kappa shape index (κ3) is 5.04. The van der Waals surface area contributed by atoms with E-state index in [9.17, 15) is 4.79 Å². The van der Waals surface area contributed by atoms with E-state index in [0.29, 0.717) is 36.1 Å². The van der Waals surface area contributed by atoms with Gasteiger partial charge in [0.05, 0.1) is 11.6 Å². The lowest BCUT2D eigenvalue weighted by Gasteiger charge is -2.09. The molecule has 0 aliphatic heterocycles. The molecule has 2 N–H and O–H groups in total. The Balaban J connectivity index is 2.10. The molecule has 0 atom stereocenters. The van der Waals surface area contributed by atoms with Crippen LogP contribution in [0.25, 0.3) is 0 Å². The zero-order valence-corrected chi connectivity index (χ0v) is 13.7. The van der Waals surface area contributed by atoms with Crippen LogP contribution in [0.4, 0.5) is 11.5 Å². The molecule has 0 fully saturated rings. The second kappa shape index (κ2) is 8.60. The minimum atomic E-state index is -0.259. The number of methoxy groups -OCH3 is 1.